The molecule has 6 heteroatoms. The van der Waals surface area contributed by atoms with Gasteiger partial charge in [0.1, 0.15) is 12.0 Å². The first-order chi connectivity index (χ1) is 5.27. The van der Waals surface area contributed by atoms with Crippen molar-refractivity contribution in [2.75, 3.05) is 6.67 Å². The molecule has 2 rings (SSSR count). The van der Waals surface area contributed by atoms with Gasteiger partial charge in [0.15, 0.2) is 0 Å². The zero-order valence-electron chi connectivity index (χ0n) is 5.77. The minimum absolute atomic E-state index is 0.149. The summed E-state index contributed by atoms with van der Waals surface area (Å²) in [5.41, 5.74) is 6.33. The number of carbonyl (C=O) groups excluding carboxylic acids is 1. The van der Waals surface area contributed by atoms with E-state index in [-0.39, 0.29) is 12.2 Å². The molecule has 1 fully saturated rings. The maximum atomic E-state index is 10.8. The molecule has 1 saturated heterocycles. The highest BCUT2D eigenvalue weighted by Gasteiger charge is 2.28. The van der Waals surface area contributed by atoms with Gasteiger partial charge in [-0.05, 0) is 0 Å². The van der Waals surface area contributed by atoms with Gasteiger partial charge in [-0.3, -0.25) is 10.6 Å². The Hall–Kier alpha value is -1.43. The van der Waals surface area contributed by atoms with Crippen molar-refractivity contribution in [2.24, 2.45) is 5.73 Å². The molecule has 6 N–H and O–H groups in total. The van der Waals surface area contributed by atoms with Crippen LogP contribution in [0.2, 0.25) is 0 Å². The number of hydrogen-bond donors (Lipinski definition) is 5. The van der Waals surface area contributed by atoms with Gasteiger partial charge in [0.25, 0.3) is 0 Å². The second-order valence-electron chi connectivity index (χ2n) is 2.42. The Bertz CT molecular complexity index is 235. The first-order valence-corrected chi connectivity index (χ1v) is 3.32. The minimum Gasteiger partial charge on any atom is -0.384 e. The summed E-state index contributed by atoms with van der Waals surface area (Å²) in [4.78, 5) is 10.8. The van der Waals surface area contributed by atoms with E-state index in [1.54, 1.807) is 0 Å². The van der Waals surface area contributed by atoms with Gasteiger partial charge in [0.05, 0.1) is 12.4 Å². The summed E-state index contributed by atoms with van der Waals surface area (Å²) in [5, 5.41) is 11.1. The highest BCUT2D eigenvalue weighted by Crippen LogP contribution is 2.06. The molecule has 0 aromatic rings. The van der Waals surface area contributed by atoms with Gasteiger partial charge in [-0.15, -0.1) is 0 Å². The first-order valence-electron chi connectivity index (χ1n) is 3.32. The van der Waals surface area contributed by atoms with Crippen LogP contribution >= 0.6 is 0 Å². The Morgan fingerprint density at radius 3 is 3.18 bits per heavy atom. The van der Waals surface area contributed by atoms with Crippen molar-refractivity contribution >= 4 is 6.03 Å². The van der Waals surface area contributed by atoms with Crippen LogP contribution in [-0.2, 0) is 0 Å². The lowest BCUT2D eigenvalue weighted by Crippen LogP contribution is -2.53. The van der Waals surface area contributed by atoms with E-state index in [4.69, 9.17) is 5.73 Å². The predicted octanol–water partition coefficient (Wildman–Crippen LogP) is -2.10. The zero-order chi connectivity index (χ0) is 7.84. The fraction of sp³-hybridized carbons (Fsp3) is 0.400. The lowest BCUT2D eigenvalue weighted by atomic mass is 10.3. The Morgan fingerprint density at radius 1 is 1.55 bits per heavy atom. The third-order valence-corrected chi connectivity index (χ3v) is 1.69. The predicted molar refractivity (Wildman–Crippen MR) is 37.8 cm³/mol. The van der Waals surface area contributed by atoms with E-state index in [1.807, 2.05) is 0 Å². The quantitative estimate of drug-likeness (QED) is 0.277. The summed E-state index contributed by atoms with van der Waals surface area (Å²) in [6, 6.07) is -0.271. The summed E-state index contributed by atoms with van der Waals surface area (Å²) < 4.78 is 0. The van der Waals surface area contributed by atoms with Crippen LogP contribution in [0, 0.1) is 0 Å². The standard InChI is InChI=1S/C5H9N5O/c6-3-2-4(8-1-7-2)10-5(11)9-3/h4,7-8H,1,6H2,(H2,9,10,11). The van der Waals surface area contributed by atoms with E-state index in [1.165, 1.54) is 0 Å². The number of nitrogens with one attached hydrogen (secondary N) is 4. The molecule has 0 aromatic carbocycles. The summed E-state index contributed by atoms with van der Waals surface area (Å²) >= 11 is 0. The summed E-state index contributed by atoms with van der Waals surface area (Å²) in [5.74, 6) is 0.392. The fourth-order valence-electron chi connectivity index (χ4n) is 1.18. The maximum Gasteiger partial charge on any atom is 0.321 e. The molecule has 2 aliphatic heterocycles. The largest absolute Gasteiger partial charge is 0.384 e. The number of urea groups is 1. The van der Waals surface area contributed by atoms with Gasteiger partial charge < -0.3 is 16.4 Å². The Balaban J connectivity index is 2.30. The SMILES string of the molecule is NC1=C2NCNC2NC(=O)N1. The number of fused-ring (bicyclic) bond motifs is 1. The molecule has 0 saturated carbocycles. The molecule has 0 bridgehead atoms. The molecule has 1 unspecified atom stereocenters. The van der Waals surface area contributed by atoms with E-state index in [0.717, 1.165) is 5.70 Å². The lowest BCUT2D eigenvalue weighted by molar-refractivity contribution is 0.237. The fourth-order valence-corrected chi connectivity index (χ4v) is 1.18. The van der Waals surface area contributed by atoms with E-state index < -0.39 is 0 Å². The van der Waals surface area contributed by atoms with Gasteiger partial charge in [-0.2, -0.15) is 0 Å². The second kappa shape index (κ2) is 2.03. The highest BCUT2D eigenvalue weighted by molar-refractivity contribution is 5.78. The molecular formula is C5H9N5O. The van der Waals surface area contributed by atoms with Crippen molar-refractivity contribution in [2.45, 2.75) is 6.17 Å². The molecular weight excluding hydrogens is 146 g/mol. The molecule has 2 amide bonds. The highest BCUT2D eigenvalue weighted by atomic mass is 16.2. The number of amides is 2. The molecule has 0 spiro atoms. The molecule has 1 atom stereocenters. The number of nitrogens with two attached hydrogens (primary N) is 1. The third kappa shape index (κ3) is 0.874. The normalized spacial score (nSPS) is 28.7. The van der Waals surface area contributed by atoms with Crippen molar-refractivity contribution in [1.29, 1.82) is 0 Å². The van der Waals surface area contributed by atoms with E-state index in [0.29, 0.717) is 12.5 Å². The van der Waals surface area contributed by atoms with Crippen molar-refractivity contribution in [3.8, 4) is 0 Å². The molecule has 2 heterocycles. The zero-order valence-corrected chi connectivity index (χ0v) is 5.77. The van der Waals surface area contributed by atoms with Crippen molar-refractivity contribution in [1.82, 2.24) is 21.3 Å². The number of carbonyl (C=O) groups is 1. The Kier molecular flexibility index (Phi) is 1.16. The molecule has 2 aliphatic rings. The first kappa shape index (κ1) is 6.29. The Labute approximate surface area is 63.2 Å². The maximum absolute atomic E-state index is 10.8. The van der Waals surface area contributed by atoms with E-state index >= 15 is 0 Å². The van der Waals surface area contributed by atoms with Gasteiger partial charge in [-0.25, -0.2) is 4.79 Å². The van der Waals surface area contributed by atoms with Crippen LogP contribution in [-0.4, -0.2) is 18.9 Å². The van der Waals surface area contributed by atoms with Crippen LogP contribution in [0.25, 0.3) is 0 Å². The monoisotopic (exact) mass is 155 g/mol. The topological polar surface area (TPSA) is 91.2 Å². The van der Waals surface area contributed by atoms with Crippen LogP contribution in [0.5, 0.6) is 0 Å². The van der Waals surface area contributed by atoms with Crippen LogP contribution in [0.3, 0.4) is 0 Å². The molecule has 60 valence electrons. The smallest absolute Gasteiger partial charge is 0.321 e. The third-order valence-electron chi connectivity index (χ3n) is 1.69. The Morgan fingerprint density at radius 2 is 2.36 bits per heavy atom. The van der Waals surface area contributed by atoms with Gasteiger partial charge in [0.2, 0.25) is 0 Å². The van der Waals surface area contributed by atoms with Crippen LogP contribution in [0.15, 0.2) is 11.5 Å². The van der Waals surface area contributed by atoms with Gasteiger partial charge >= 0.3 is 6.03 Å². The van der Waals surface area contributed by atoms with Crippen LogP contribution in [0.4, 0.5) is 4.79 Å². The van der Waals surface area contributed by atoms with Gasteiger partial charge in [0, 0.05) is 0 Å². The number of hydrogen-bond acceptors (Lipinski definition) is 4. The van der Waals surface area contributed by atoms with E-state index in [2.05, 4.69) is 21.3 Å². The molecule has 0 radical (unpaired) electrons. The summed E-state index contributed by atoms with van der Waals surface area (Å²) in [6.45, 7) is 0.628. The van der Waals surface area contributed by atoms with Crippen LogP contribution < -0.4 is 27.0 Å². The average molecular weight is 155 g/mol. The van der Waals surface area contributed by atoms with Crippen molar-refractivity contribution in [3.63, 3.8) is 0 Å². The molecule has 0 aliphatic carbocycles. The molecule has 6 nitrogen and oxygen atoms in total. The molecule has 11 heavy (non-hydrogen) atoms. The van der Waals surface area contributed by atoms with Crippen molar-refractivity contribution < 1.29 is 4.79 Å². The van der Waals surface area contributed by atoms with E-state index in [9.17, 15) is 4.79 Å². The van der Waals surface area contributed by atoms with Crippen molar-refractivity contribution in [3.05, 3.63) is 11.5 Å². The summed E-state index contributed by atoms with van der Waals surface area (Å²) in [6.07, 6.45) is -0.149. The second-order valence-corrected chi connectivity index (χ2v) is 2.42. The number of rotatable bonds is 0. The van der Waals surface area contributed by atoms with Crippen LogP contribution in [0.1, 0.15) is 0 Å². The lowest BCUT2D eigenvalue weighted by Gasteiger charge is -2.21. The summed E-state index contributed by atoms with van der Waals surface area (Å²) in [7, 11) is 0. The van der Waals surface area contributed by atoms with Gasteiger partial charge in [-0.1, -0.05) is 0 Å². The minimum atomic E-state index is -0.271. The molecule has 0 aromatic heterocycles. The average Bonchev–Trinajstić information content (AvgIpc) is 2.34.